The number of hydrogen-bond acceptors (Lipinski definition) is 5. The number of amides is 1. The fraction of sp³-hybridized carbons (Fsp3) is 0.478. The standard InChI is InChI=1S/C23H32N4O3S.HI/c1-3-24-22(27-16-23(2,29)20-10-6-12-31-20)26-14-17-7-4-8-18(13-17)21(28)25-15-19-9-5-11-30-19;/h4,6-8,10,12-13,19,29H,3,5,9,11,14-16H2,1-2H3,(H,25,28)(H2,24,26,27);1H. The van der Waals surface area contributed by atoms with Crippen LogP contribution in [0.4, 0.5) is 0 Å². The summed E-state index contributed by atoms with van der Waals surface area (Å²) in [5.74, 6) is 0.519. The number of carbonyl (C=O) groups excluding carboxylic acids is 1. The molecule has 32 heavy (non-hydrogen) atoms. The van der Waals surface area contributed by atoms with E-state index in [1.54, 1.807) is 13.0 Å². The Bertz CT molecular complexity index is 868. The molecule has 2 aromatic rings. The van der Waals surface area contributed by atoms with Gasteiger partial charge in [-0.2, -0.15) is 0 Å². The van der Waals surface area contributed by atoms with Crippen molar-refractivity contribution in [3.63, 3.8) is 0 Å². The molecule has 1 aromatic heterocycles. The second-order valence-electron chi connectivity index (χ2n) is 7.85. The highest BCUT2D eigenvalue weighted by Gasteiger charge is 2.24. The predicted octanol–water partition coefficient (Wildman–Crippen LogP) is 3.24. The van der Waals surface area contributed by atoms with E-state index in [1.165, 1.54) is 11.3 Å². The maximum Gasteiger partial charge on any atom is 0.251 e. The van der Waals surface area contributed by atoms with E-state index in [1.807, 2.05) is 42.6 Å². The Morgan fingerprint density at radius 2 is 2.12 bits per heavy atom. The summed E-state index contributed by atoms with van der Waals surface area (Å²) in [4.78, 5) is 18.0. The van der Waals surface area contributed by atoms with Crippen LogP contribution in [-0.2, 0) is 16.9 Å². The molecule has 1 aliphatic rings. The summed E-state index contributed by atoms with van der Waals surface area (Å²) in [5, 5.41) is 22.0. The Hall–Kier alpha value is -1.69. The van der Waals surface area contributed by atoms with Gasteiger partial charge in [-0.25, -0.2) is 4.99 Å². The van der Waals surface area contributed by atoms with Crippen molar-refractivity contribution in [1.82, 2.24) is 16.0 Å². The first-order valence-electron chi connectivity index (χ1n) is 10.7. The van der Waals surface area contributed by atoms with Gasteiger partial charge in [0.05, 0.1) is 19.2 Å². The van der Waals surface area contributed by atoms with E-state index in [2.05, 4.69) is 20.9 Å². The third-order valence-electron chi connectivity index (χ3n) is 5.12. The second-order valence-corrected chi connectivity index (χ2v) is 8.79. The first-order valence-corrected chi connectivity index (χ1v) is 11.6. The number of aliphatic hydroxyl groups is 1. The van der Waals surface area contributed by atoms with Gasteiger partial charge in [0.2, 0.25) is 0 Å². The second kappa shape index (κ2) is 13.1. The van der Waals surface area contributed by atoms with Crippen molar-refractivity contribution in [3.8, 4) is 0 Å². The highest BCUT2D eigenvalue weighted by atomic mass is 127. The molecule has 0 spiro atoms. The number of hydrogen-bond donors (Lipinski definition) is 4. The smallest absolute Gasteiger partial charge is 0.251 e. The lowest BCUT2D eigenvalue weighted by molar-refractivity contribution is 0.0655. The van der Waals surface area contributed by atoms with Crippen LogP contribution in [0.5, 0.6) is 0 Å². The van der Waals surface area contributed by atoms with Crippen molar-refractivity contribution < 1.29 is 14.6 Å². The van der Waals surface area contributed by atoms with Gasteiger partial charge in [-0.3, -0.25) is 4.79 Å². The van der Waals surface area contributed by atoms with Crippen molar-refractivity contribution in [3.05, 3.63) is 57.8 Å². The van der Waals surface area contributed by atoms with Gasteiger partial charge in [-0.1, -0.05) is 18.2 Å². The molecule has 1 saturated heterocycles. The molecule has 2 heterocycles. The van der Waals surface area contributed by atoms with Crippen LogP contribution in [0.15, 0.2) is 46.8 Å². The molecule has 2 atom stereocenters. The summed E-state index contributed by atoms with van der Waals surface area (Å²) in [6, 6.07) is 11.3. The zero-order valence-electron chi connectivity index (χ0n) is 18.6. The number of aliphatic imine (C=N–C) groups is 1. The van der Waals surface area contributed by atoms with Gasteiger partial charge >= 0.3 is 0 Å². The van der Waals surface area contributed by atoms with Crippen molar-refractivity contribution in [2.75, 3.05) is 26.2 Å². The average molecular weight is 573 g/mol. The van der Waals surface area contributed by atoms with E-state index in [-0.39, 0.29) is 36.0 Å². The Kier molecular flexibility index (Phi) is 10.9. The van der Waals surface area contributed by atoms with Crippen LogP contribution in [0.3, 0.4) is 0 Å². The Labute approximate surface area is 211 Å². The summed E-state index contributed by atoms with van der Waals surface area (Å²) >= 11 is 1.53. The van der Waals surface area contributed by atoms with Crippen LogP contribution in [-0.4, -0.2) is 49.3 Å². The molecule has 1 fully saturated rings. The molecule has 1 amide bonds. The number of nitrogens with zero attached hydrogens (tertiary/aromatic N) is 1. The monoisotopic (exact) mass is 572 g/mol. The third kappa shape index (κ3) is 8.02. The van der Waals surface area contributed by atoms with E-state index >= 15 is 0 Å². The minimum atomic E-state index is -0.981. The number of rotatable bonds is 9. The molecule has 176 valence electrons. The van der Waals surface area contributed by atoms with Gasteiger partial charge in [0.25, 0.3) is 5.91 Å². The zero-order chi connectivity index (χ0) is 22.1. The minimum Gasteiger partial charge on any atom is -0.383 e. The Morgan fingerprint density at radius 1 is 1.28 bits per heavy atom. The first-order chi connectivity index (χ1) is 15.0. The van der Waals surface area contributed by atoms with Crippen LogP contribution in [0.1, 0.15) is 47.5 Å². The third-order valence-corrected chi connectivity index (χ3v) is 6.24. The lowest BCUT2D eigenvalue weighted by Crippen LogP contribution is -2.44. The molecule has 0 aliphatic carbocycles. The molecule has 4 N–H and O–H groups in total. The quantitative estimate of drug-likeness (QED) is 0.210. The van der Waals surface area contributed by atoms with Crippen LogP contribution < -0.4 is 16.0 Å². The van der Waals surface area contributed by atoms with Gasteiger partial charge in [0, 0.05) is 30.1 Å². The fourth-order valence-corrected chi connectivity index (χ4v) is 4.15. The van der Waals surface area contributed by atoms with Crippen molar-refractivity contribution in [1.29, 1.82) is 0 Å². The molecule has 1 aromatic carbocycles. The highest BCUT2D eigenvalue weighted by molar-refractivity contribution is 14.0. The van der Waals surface area contributed by atoms with E-state index in [4.69, 9.17) is 4.74 Å². The van der Waals surface area contributed by atoms with Gasteiger partial charge in [0.15, 0.2) is 5.96 Å². The zero-order valence-corrected chi connectivity index (χ0v) is 21.7. The number of halogens is 1. The summed E-state index contributed by atoms with van der Waals surface area (Å²) in [6.45, 7) is 6.56. The summed E-state index contributed by atoms with van der Waals surface area (Å²) in [7, 11) is 0. The number of nitrogens with one attached hydrogen (secondary N) is 3. The van der Waals surface area contributed by atoms with Crippen LogP contribution in [0.25, 0.3) is 0 Å². The molecule has 3 rings (SSSR count). The van der Waals surface area contributed by atoms with Crippen LogP contribution >= 0.6 is 35.3 Å². The molecule has 2 unspecified atom stereocenters. The molecule has 0 bridgehead atoms. The average Bonchev–Trinajstić information content (AvgIpc) is 3.49. The largest absolute Gasteiger partial charge is 0.383 e. The molecule has 1 aliphatic heterocycles. The first kappa shape index (κ1) is 26.6. The van der Waals surface area contributed by atoms with E-state index in [9.17, 15) is 9.90 Å². The van der Waals surface area contributed by atoms with E-state index < -0.39 is 5.60 Å². The lowest BCUT2D eigenvalue weighted by Gasteiger charge is -2.23. The molecular weight excluding hydrogens is 539 g/mol. The van der Waals surface area contributed by atoms with Crippen molar-refractivity contribution >= 4 is 47.2 Å². The molecular formula is C23H33IN4O3S. The predicted molar refractivity (Wildman–Crippen MR) is 140 cm³/mol. The molecule has 0 saturated carbocycles. The van der Waals surface area contributed by atoms with E-state index in [0.717, 1.165) is 29.9 Å². The molecule has 9 heteroatoms. The normalized spacial score (nSPS) is 17.8. The maximum absolute atomic E-state index is 12.5. The number of thiophene rings is 1. The van der Waals surface area contributed by atoms with Crippen LogP contribution in [0, 0.1) is 0 Å². The van der Waals surface area contributed by atoms with Gasteiger partial charge in [0.1, 0.15) is 5.60 Å². The summed E-state index contributed by atoms with van der Waals surface area (Å²) < 4.78 is 5.56. The Morgan fingerprint density at radius 3 is 2.81 bits per heavy atom. The molecule has 0 radical (unpaired) electrons. The Balaban J connectivity index is 0.00000363. The summed E-state index contributed by atoms with van der Waals surface area (Å²) in [5.41, 5.74) is 0.571. The van der Waals surface area contributed by atoms with E-state index in [0.29, 0.717) is 37.7 Å². The molecule has 7 nitrogen and oxygen atoms in total. The topological polar surface area (TPSA) is 95.0 Å². The van der Waals surface area contributed by atoms with Gasteiger partial charge < -0.3 is 25.8 Å². The van der Waals surface area contributed by atoms with Crippen LogP contribution in [0.2, 0.25) is 0 Å². The lowest BCUT2D eigenvalue weighted by atomic mass is 10.1. The number of guanidine groups is 1. The number of ether oxygens (including phenoxy) is 1. The van der Waals surface area contributed by atoms with Crippen molar-refractivity contribution in [2.45, 2.75) is 44.9 Å². The summed E-state index contributed by atoms with van der Waals surface area (Å²) in [6.07, 6.45) is 2.17. The van der Waals surface area contributed by atoms with Crippen molar-refractivity contribution in [2.24, 2.45) is 4.99 Å². The highest BCUT2D eigenvalue weighted by Crippen LogP contribution is 2.24. The minimum absolute atomic E-state index is 0. The maximum atomic E-state index is 12.5. The van der Waals surface area contributed by atoms with Gasteiger partial charge in [-0.05, 0) is 55.8 Å². The van der Waals surface area contributed by atoms with Gasteiger partial charge in [-0.15, -0.1) is 35.3 Å². The SMILES string of the molecule is CCNC(=NCc1cccc(C(=O)NCC2CCCO2)c1)NCC(C)(O)c1cccs1.I. The number of benzene rings is 1. The fourth-order valence-electron chi connectivity index (χ4n) is 3.36. The number of carbonyl (C=O) groups is 1.